The number of hydrogen-bond donors (Lipinski definition) is 1. The van der Waals surface area contributed by atoms with Crippen LogP contribution in [0.1, 0.15) is 18.1 Å². The molecule has 0 aliphatic heterocycles. The summed E-state index contributed by atoms with van der Waals surface area (Å²) >= 11 is 0. The molecule has 2 aromatic carbocycles. The van der Waals surface area contributed by atoms with Gasteiger partial charge in [-0.25, -0.2) is 0 Å². The van der Waals surface area contributed by atoms with E-state index in [4.69, 9.17) is 15.2 Å². The van der Waals surface area contributed by atoms with E-state index in [1.165, 1.54) is 0 Å². The summed E-state index contributed by atoms with van der Waals surface area (Å²) in [6, 6.07) is 15.7. The van der Waals surface area contributed by atoms with E-state index in [1.54, 1.807) is 0 Å². The van der Waals surface area contributed by atoms with E-state index in [-0.39, 0.29) is 0 Å². The maximum atomic E-state index is 5.84. The van der Waals surface area contributed by atoms with Crippen LogP contribution in [0.15, 0.2) is 48.5 Å². The summed E-state index contributed by atoms with van der Waals surface area (Å²) < 4.78 is 11.4. The van der Waals surface area contributed by atoms with Crippen LogP contribution in [0.5, 0.6) is 11.5 Å². The van der Waals surface area contributed by atoms with E-state index in [0.29, 0.717) is 19.8 Å². The number of nitrogens with two attached hydrogens (primary N) is 1. The second-order valence-electron chi connectivity index (χ2n) is 4.14. The molecule has 2 aromatic rings. The predicted molar refractivity (Wildman–Crippen MR) is 76.3 cm³/mol. The minimum atomic E-state index is 0.497. The average molecular weight is 257 g/mol. The molecular weight excluding hydrogens is 238 g/mol. The molecular formula is C16H19NO2. The van der Waals surface area contributed by atoms with Crippen LogP contribution in [0.4, 0.5) is 0 Å². The van der Waals surface area contributed by atoms with Gasteiger partial charge in [0.05, 0.1) is 6.61 Å². The Kier molecular flexibility index (Phi) is 4.81. The van der Waals surface area contributed by atoms with Crippen LogP contribution in [0, 0.1) is 0 Å². The van der Waals surface area contributed by atoms with Crippen LogP contribution in [-0.4, -0.2) is 6.61 Å². The SMILES string of the molecule is CCOc1ccccc1OCc1ccccc1CN. The van der Waals surface area contributed by atoms with Gasteiger partial charge in [-0.3, -0.25) is 0 Å². The van der Waals surface area contributed by atoms with Crippen molar-refractivity contribution in [3.05, 3.63) is 59.7 Å². The van der Waals surface area contributed by atoms with Gasteiger partial charge in [-0.05, 0) is 30.2 Å². The Hall–Kier alpha value is -2.00. The number of hydrogen-bond acceptors (Lipinski definition) is 3. The van der Waals surface area contributed by atoms with Gasteiger partial charge in [0.1, 0.15) is 6.61 Å². The molecule has 0 fully saturated rings. The molecule has 3 nitrogen and oxygen atoms in total. The standard InChI is InChI=1S/C16H19NO2/c1-2-18-15-9-5-6-10-16(15)19-12-14-8-4-3-7-13(14)11-17/h3-10H,2,11-12,17H2,1H3. The van der Waals surface area contributed by atoms with E-state index < -0.39 is 0 Å². The second kappa shape index (κ2) is 6.81. The van der Waals surface area contributed by atoms with E-state index in [0.717, 1.165) is 22.6 Å². The maximum Gasteiger partial charge on any atom is 0.161 e. The van der Waals surface area contributed by atoms with Crippen LogP contribution < -0.4 is 15.2 Å². The fourth-order valence-corrected chi connectivity index (χ4v) is 1.90. The minimum absolute atomic E-state index is 0.497. The molecule has 0 atom stereocenters. The summed E-state index contributed by atoms with van der Waals surface area (Å²) in [6.07, 6.45) is 0. The third-order valence-electron chi connectivity index (χ3n) is 2.87. The van der Waals surface area contributed by atoms with Crippen LogP contribution >= 0.6 is 0 Å². The van der Waals surface area contributed by atoms with Gasteiger partial charge in [-0.1, -0.05) is 36.4 Å². The third kappa shape index (κ3) is 3.48. The van der Waals surface area contributed by atoms with Gasteiger partial charge in [0.2, 0.25) is 0 Å². The second-order valence-corrected chi connectivity index (χ2v) is 4.14. The van der Waals surface area contributed by atoms with Crippen LogP contribution in [0.2, 0.25) is 0 Å². The van der Waals surface area contributed by atoms with Gasteiger partial charge in [0, 0.05) is 6.54 Å². The monoisotopic (exact) mass is 257 g/mol. The molecule has 0 saturated carbocycles. The molecule has 0 unspecified atom stereocenters. The number of benzene rings is 2. The van der Waals surface area contributed by atoms with Crippen molar-refractivity contribution in [2.75, 3.05) is 6.61 Å². The average Bonchev–Trinajstić information content (AvgIpc) is 2.47. The van der Waals surface area contributed by atoms with E-state index >= 15 is 0 Å². The van der Waals surface area contributed by atoms with Crippen molar-refractivity contribution in [2.24, 2.45) is 5.73 Å². The molecule has 0 heterocycles. The zero-order valence-electron chi connectivity index (χ0n) is 11.1. The minimum Gasteiger partial charge on any atom is -0.490 e. The van der Waals surface area contributed by atoms with Crippen molar-refractivity contribution < 1.29 is 9.47 Å². The maximum absolute atomic E-state index is 5.84. The lowest BCUT2D eigenvalue weighted by Crippen LogP contribution is -2.05. The first-order valence-electron chi connectivity index (χ1n) is 6.46. The van der Waals surface area contributed by atoms with Crippen LogP contribution in [0.3, 0.4) is 0 Å². The summed E-state index contributed by atoms with van der Waals surface area (Å²) in [5, 5.41) is 0. The molecule has 0 radical (unpaired) electrons. The highest BCUT2D eigenvalue weighted by Gasteiger charge is 2.05. The molecule has 19 heavy (non-hydrogen) atoms. The lowest BCUT2D eigenvalue weighted by atomic mass is 10.1. The van der Waals surface area contributed by atoms with Crippen molar-refractivity contribution in [1.29, 1.82) is 0 Å². The zero-order chi connectivity index (χ0) is 13.5. The highest BCUT2D eigenvalue weighted by Crippen LogP contribution is 2.27. The van der Waals surface area contributed by atoms with Crippen molar-refractivity contribution in [3.63, 3.8) is 0 Å². The van der Waals surface area contributed by atoms with Crippen molar-refractivity contribution >= 4 is 0 Å². The van der Waals surface area contributed by atoms with Gasteiger partial charge in [0.15, 0.2) is 11.5 Å². The summed E-state index contributed by atoms with van der Waals surface area (Å²) in [7, 11) is 0. The summed E-state index contributed by atoms with van der Waals surface area (Å²) in [5.41, 5.74) is 7.93. The molecule has 0 spiro atoms. The van der Waals surface area contributed by atoms with E-state index in [9.17, 15) is 0 Å². The normalized spacial score (nSPS) is 10.2. The van der Waals surface area contributed by atoms with Gasteiger partial charge < -0.3 is 15.2 Å². The molecule has 0 aliphatic rings. The fraction of sp³-hybridized carbons (Fsp3) is 0.250. The highest BCUT2D eigenvalue weighted by atomic mass is 16.5. The Balaban J connectivity index is 2.10. The smallest absolute Gasteiger partial charge is 0.161 e. The van der Waals surface area contributed by atoms with Gasteiger partial charge in [-0.15, -0.1) is 0 Å². The molecule has 0 aromatic heterocycles. The Morgan fingerprint density at radius 2 is 1.42 bits per heavy atom. The number of para-hydroxylation sites is 2. The lowest BCUT2D eigenvalue weighted by molar-refractivity contribution is 0.268. The van der Waals surface area contributed by atoms with Gasteiger partial charge in [0.25, 0.3) is 0 Å². The number of rotatable bonds is 6. The molecule has 0 amide bonds. The fourth-order valence-electron chi connectivity index (χ4n) is 1.90. The largest absolute Gasteiger partial charge is 0.490 e. The highest BCUT2D eigenvalue weighted by molar-refractivity contribution is 5.39. The third-order valence-corrected chi connectivity index (χ3v) is 2.87. The Morgan fingerprint density at radius 1 is 0.842 bits per heavy atom. The van der Waals surface area contributed by atoms with Crippen LogP contribution in [0.25, 0.3) is 0 Å². The molecule has 0 saturated heterocycles. The number of ether oxygens (including phenoxy) is 2. The first-order valence-corrected chi connectivity index (χ1v) is 6.46. The first-order chi connectivity index (χ1) is 9.35. The Labute approximate surface area is 114 Å². The van der Waals surface area contributed by atoms with E-state index in [1.807, 2.05) is 55.5 Å². The molecule has 100 valence electrons. The lowest BCUT2D eigenvalue weighted by Gasteiger charge is -2.13. The van der Waals surface area contributed by atoms with Crippen molar-refractivity contribution in [1.82, 2.24) is 0 Å². The Bertz CT molecular complexity index is 526. The summed E-state index contributed by atoms with van der Waals surface area (Å²) in [4.78, 5) is 0. The first kappa shape index (κ1) is 13.4. The van der Waals surface area contributed by atoms with Gasteiger partial charge >= 0.3 is 0 Å². The van der Waals surface area contributed by atoms with Gasteiger partial charge in [-0.2, -0.15) is 0 Å². The topological polar surface area (TPSA) is 44.5 Å². The molecule has 2 N–H and O–H groups in total. The zero-order valence-corrected chi connectivity index (χ0v) is 11.1. The van der Waals surface area contributed by atoms with Crippen molar-refractivity contribution in [2.45, 2.75) is 20.1 Å². The molecule has 0 bridgehead atoms. The molecule has 2 rings (SSSR count). The predicted octanol–water partition coefficient (Wildman–Crippen LogP) is 3.12. The Morgan fingerprint density at radius 3 is 2.05 bits per heavy atom. The van der Waals surface area contributed by atoms with Crippen LogP contribution in [-0.2, 0) is 13.2 Å². The van der Waals surface area contributed by atoms with E-state index in [2.05, 4.69) is 0 Å². The summed E-state index contributed by atoms with van der Waals surface area (Å²) in [5.74, 6) is 1.53. The molecule has 3 heteroatoms. The quantitative estimate of drug-likeness (QED) is 0.864. The van der Waals surface area contributed by atoms with Crippen molar-refractivity contribution in [3.8, 4) is 11.5 Å². The molecule has 0 aliphatic carbocycles. The summed E-state index contributed by atoms with van der Waals surface area (Å²) in [6.45, 7) is 3.60.